The molecule has 20 heavy (non-hydrogen) atoms. The molecule has 0 N–H and O–H groups in total. The number of amides is 1. The second-order valence-corrected chi connectivity index (χ2v) is 5.73. The third-order valence-corrected chi connectivity index (χ3v) is 3.61. The van der Waals surface area contributed by atoms with Crippen LogP contribution in [0.15, 0.2) is 39.4 Å². The van der Waals surface area contributed by atoms with E-state index in [4.69, 9.17) is 4.42 Å². The zero-order valence-electron chi connectivity index (χ0n) is 11.8. The summed E-state index contributed by atoms with van der Waals surface area (Å²) in [6.07, 6.45) is 1.62. The van der Waals surface area contributed by atoms with Gasteiger partial charge in [-0.1, -0.05) is 0 Å². The molecule has 0 saturated carbocycles. The van der Waals surface area contributed by atoms with E-state index in [1.54, 1.807) is 17.2 Å². The number of aromatic nitrogens is 1. The lowest BCUT2D eigenvalue weighted by molar-refractivity contribution is 0.0668. The standard InChI is InChI=1S/C15H17BrN2O2/c1-10(2)18(9-12-7-6-11(3)20-12)15(19)14-13(16)5-4-8-17-14/h4-8,10H,9H2,1-3H3. The van der Waals surface area contributed by atoms with Crippen LogP contribution in [-0.4, -0.2) is 21.8 Å². The summed E-state index contributed by atoms with van der Waals surface area (Å²) in [5, 5.41) is 0. The lowest BCUT2D eigenvalue weighted by Gasteiger charge is -2.25. The van der Waals surface area contributed by atoms with E-state index >= 15 is 0 Å². The Morgan fingerprint density at radius 1 is 1.40 bits per heavy atom. The van der Waals surface area contributed by atoms with Gasteiger partial charge in [-0.2, -0.15) is 0 Å². The van der Waals surface area contributed by atoms with E-state index in [1.165, 1.54) is 0 Å². The first kappa shape index (κ1) is 14.8. The van der Waals surface area contributed by atoms with Gasteiger partial charge < -0.3 is 9.32 Å². The van der Waals surface area contributed by atoms with Crippen LogP contribution in [0.2, 0.25) is 0 Å². The summed E-state index contributed by atoms with van der Waals surface area (Å²) in [6, 6.07) is 7.45. The van der Waals surface area contributed by atoms with E-state index in [2.05, 4.69) is 20.9 Å². The highest BCUT2D eigenvalue weighted by Gasteiger charge is 2.23. The fourth-order valence-electron chi connectivity index (χ4n) is 1.91. The van der Waals surface area contributed by atoms with Crippen LogP contribution in [-0.2, 0) is 6.54 Å². The van der Waals surface area contributed by atoms with Gasteiger partial charge in [-0.15, -0.1) is 0 Å². The summed E-state index contributed by atoms with van der Waals surface area (Å²) in [6.45, 7) is 6.28. The summed E-state index contributed by atoms with van der Waals surface area (Å²) >= 11 is 3.37. The molecule has 2 heterocycles. The molecule has 0 spiro atoms. The summed E-state index contributed by atoms with van der Waals surface area (Å²) < 4.78 is 6.25. The zero-order valence-corrected chi connectivity index (χ0v) is 13.3. The van der Waals surface area contributed by atoms with Crippen molar-refractivity contribution < 1.29 is 9.21 Å². The maximum Gasteiger partial charge on any atom is 0.274 e. The Morgan fingerprint density at radius 3 is 2.70 bits per heavy atom. The normalized spacial score (nSPS) is 10.8. The minimum atomic E-state index is -0.110. The summed E-state index contributed by atoms with van der Waals surface area (Å²) in [5.74, 6) is 1.51. The Kier molecular flexibility index (Phi) is 4.60. The predicted molar refractivity (Wildman–Crippen MR) is 80.4 cm³/mol. The third-order valence-electron chi connectivity index (χ3n) is 2.97. The fraction of sp³-hybridized carbons (Fsp3) is 0.333. The molecule has 1 amide bonds. The Labute approximate surface area is 126 Å². The number of hydrogen-bond donors (Lipinski definition) is 0. The van der Waals surface area contributed by atoms with E-state index in [0.717, 1.165) is 11.5 Å². The van der Waals surface area contributed by atoms with Crippen LogP contribution in [0.4, 0.5) is 0 Å². The number of carbonyl (C=O) groups is 1. The smallest absolute Gasteiger partial charge is 0.274 e. The molecule has 2 aromatic heterocycles. The van der Waals surface area contributed by atoms with Gasteiger partial charge in [0.15, 0.2) is 0 Å². The second kappa shape index (κ2) is 6.22. The van der Waals surface area contributed by atoms with Gasteiger partial charge >= 0.3 is 0 Å². The van der Waals surface area contributed by atoms with Crippen LogP contribution in [0.5, 0.6) is 0 Å². The molecule has 0 aliphatic rings. The molecule has 2 aromatic rings. The summed E-state index contributed by atoms with van der Waals surface area (Å²) in [7, 11) is 0. The SMILES string of the molecule is Cc1ccc(CN(C(=O)c2ncccc2Br)C(C)C)o1. The van der Waals surface area contributed by atoms with Crippen LogP contribution in [0.25, 0.3) is 0 Å². The molecule has 0 atom stereocenters. The first-order valence-corrected chi connectivity index (χ1v) is 7.25. The Morgan fingerprint density at radius 2 is 2.15 bits per heavy atom. The quantitative estimate of drug-likeness (QED) is 0.853. The minimum Gasteiger partial charge on any atom is -0.464 e. The van der Waals surface area contributed by atoms with Crippen LogP contribution in [0, 0.1) is 6.92 Å². The molecule has 4 nitrogen and oxygen atoms in total. The van der Waals surface area contributed by atoms with Gasteiger partial charge in [0.1, 0.15) is 17.2 Å². The monoisotopic (exact) mass is 336 g/mol. The topological polar surface area (TPSA) is 46.3 Å². The number of carbonyl (C=O) groups excluding carboxylic acids is 1. The number of pyridine rings is 1. The van der Waals surface area contributed by atoms with E-state index in [0.29, 0.717) is 16.7 Å². The van der Waals surface area contributed by atoms with Gasteiger partial charge in [0.05, 0.1) is 6.54 Å². The van der Waals surface area contributed by atoms with E-state index < -0.39 is 0 Å². The Hall–Kier alpha value is -1.62. The molecule has 5 heteroatoms. The molecule has 0 aliphatic carbocycles. The molecule has 0 saturated heterocycles. The van der Waals surface area contributed by atoms with Gasteiger partial charge in [0, 0.05) is 16.7 Å². The second-order valence-electron chi connectivity index (χ2n) is 4.87. The van der Waals surface area contributed by atoms with Crippen LogP contribution >= 0.6 is 15.9 Å². The molecular formula is C15H17BrN2O2. The highest BCUT2D eigenvalue weighted by Crippen LogP contribution is 2.19. The van der Waals surface area contributed by atoms with E-state index in [1.807, 2.05) is 39.0 Å². The molecule has 0 unspecified atom stereocenters. The van der Waals surface area contributed by atoms with Crippen molar-refractivity contribution in [2.24, 2.45) is 0 Å². The van der Waals surface area contributed by atoms with Crippen LogP contribution < -0.4 is 0 Å². The molecule has 0 radical (unpaired) electrons. The largest absolute Gasteiger partial charge is 0.464 e. The molecule has 0 bridgehead atoms. The lowest BCUT2D eigenvalue weighted by Crippen LogP contribution is -2.37. The number of furan rings is 1. The first-order valence-electron chi connectivity index (χ1n) is 6.46. The maximum atomic E-state index is 12.6. The Bertz CT molecular complexity index is 607. The van der Waals surface area contributed by atoms with E-state index in [9.17, 15) is 4.79 Å². The highest BCUT2D eigenvalue weighted by molar-refractivity contribution is 9.10. The number of rotatable bonds is 4. The molecular weight excluding hydrogens is 320 g/mol. The summed E-state index contributed by atoms with van der Waals surface area (Å²) in [4.78, 5) is 18.5. The molecule has 106 valence electrons. The van der Waals surface area contributed by atoms with Crippen molar-refractivity contribution in [3.8, 4) is 0 Å². The molecule has 0 fully saturated rings. The first-order chi connectivity index (χ1) is 9.49. The Balaban J connectivity index is 2.25. The third kappa shape index (κ3) is 3.28. The molecule has 0 aliphatic heterocycles. The number of aryl methyl sites for hydroxylation is 1. The highest BCUT2D eigenvalue weighted by atomic mass is 79.9. The average Bonchev–Trinajstić information content (AvgIpc) is 2.81. The fourth-order valence-corrected chi connectivity index (χ4v) is 2.33. The van der Waals surface area contributed by atoms with Gasteiger partial charge in [-0.3, -0.25) is 4.79 Å². The van der Waals surface area contributed by atoms with Crippen molar-refractivity contribution in [1.29, 1.82) is 0 Å². The minimum absolute atomic E-state index is 0.0572. The average molecular weight is 337 g/mol. The van der Waals surface area contributed by atoms with Gasteiger partial charge in [0.2, 0.25) is 0 Å². The van der Waals surface area contributed by atoms with Gasteiger partial charge in [0.25, 0.3) is 5.91 Å². The van der Waals surface area contributed by atoms with Crippen molar-refractivity contribution in [2.45, 2.75) is 33.4 Å². The number of halogens is 1. The van der Waals surface area contributed by atoms with E-state index in [-0.39, 0.29) is 11.9 Å². The lowest BCUT2D eigenvalue weighted by atomic mass is 10.2. The van der Waals surface area contributed by atoms with Crippen molar-refractivity contribution in [3.05, 3.63) is 52.1 Å². The van der Waals surface area contributed by atoms with Crippen LogP contribution in [0.1, 0.15) is 35.9 Å². The molecule has 0 aromatic carbocycles. The number of hydrogen-bond acceptors (Lipinski definition) is 3. The van der Waals surface area contributed by atoms with Gasteiger partial charge in [-0.05, 0) is 61.0 Å². The van der Waals surface area contributed by atoms with Crippen molar-refractivity contribution >= 4 is 21.8 Å². The number of nitrogens with zero attached hydrogens (tertiary/aromatic N) is 2. The van der Waals surface area contributed by atoms with Crippen molar-refractivity contribution in [2.75, 3.05) is 0 Å². The van der Waals surface area contributed by atoms with Crippen LogP contribution in [0.3, 0.4) is 0 Å². The maximum absolute atomic E-state index is 12.6. The van der Waals surface area contributed by atoms with Crippen molar-refractivity contribution in [1.82, 2.24) is 9.88 Å². The summed E-state index contributed by atoms with van der Waals surface area (Å²) in [5.41, 5.74) is 0.421. The zero-order chi connectivity index (χ0) is 14.7. The van der Waals surface area contributed by atoms with Gasteiger partial charge in [-0.25, -0.2) is 4.98 Å². The predicted octanol–water partition coefficient (Wildman–Crippen LogP) is 3.80. The van der Waals surface area contributed by atoms with Crippen molar-refractivity contribution in [3.63, 3.8) is 0 Å². The molecule has 2 rings (SSSR count).